The molecule has 0 aliphatic heterocycles. The van der Waals surface area contributed by atoms with Crippen LogP contribution in [0.25, 0.3) is 0 Å². The quantitative estimate of drug-likeness (QED) is 0.801. The number of nitrogens with two attached hydrogens (primary N) is 1. The van der Waals surface area contributed by atoms with Gasteiger partial charge in [-0.2, -0.15) is 0 Å². The molecule has 0 aromatic heterocycles. The first-order chi connectivity index (χ1) is 10.2. The van der Waals surface area contributed by atoms with E-state index in [0.29, 0.717) is 30.2 Å². The van der Waals surface area contributed by atoms with E-state index in [0.717, 1.165) is 12.0 Å². The molecule has 0 aliphatic rings. The first kappa shape index (κ1) is 15.1. The van der Waals surface area contributed by atoms with Gasteiger partial charge in [0.1, 0.15) is 5.75 Å². The number of para-hydroxylation sites is 2. The summed E-state index contributed by atoms with van der Waals surface area (Å²) in [7, 11) is 0. The van der Waals surface area contributed by atoms with Crippen LogP contribution in [0.3, 0.4) is 0 Å². The summed E-state index contributed by atoms with van der Waals surface area (Å²) in [6, 6.07) is 14.9. The summed E-state index contributed by atoms with van der Waals surface area (Å²) in [4.78, 5) is 12.3. The highest BCUT2D eigenvalue weighted by Gasteiger charge is 2.11. The number of benzene rings is 2. The third-order valence-corrected chi connectivity index (χ3v) is 3.13. The minimum Gasteiger partial charge on any atom is -0.491 e. The zero-order chi connectivity index (χ0) is 15.1. The van der Waals surface area contributed by atoms with Crippen LogP contribution in [0.1, 0.15) is 22.3 Å². The number of hydrogen-bond donors (Lipinski definition) is 2. The lowest BCUT2D eigenvalue weighted by Crippen LogP contribution is -2.14. The Morgan fingerprint density at radius 1 is 1.14 bits per heavy atom. The van der Waals surface area contributed by atoms with Crippen molar-refractivity contribution in [2.45, 2.75) is 13.3 Å². The number of nitrogens with one attached hydrogen (secondary N) is 1. The van der Waals surface area contributed by atoms with Gasteiger partial charge in [0, 0.05) is 5.56 Å². The van der Waals surface area contributed by atoms with Gasteiger partial charge in [0.05, 0.1) is 12.3 Å². The van der Waals surface area contributed by atoms with Crippen molar-refractivity contribution in [3.05, 3.63) is 59.7 Å². The Bertz CT molecular complexity index is 611. The number of rotatable bonds is 6. The molecule has 0 radical (unpaired) electrons. The van der Waals surface area contributed by atoms with Gasteiger partial charge < -0.3 is 15.8 Å². The van der Waals surface area contributed by atoms with Gasteiger partial charge in [-0.1, -0.05) is 30.3 Å². The van der Waals surface area contributed by atoms with E-state index < -0.39 is 0 Å². The number of amides is 1. The Hall–Kier alpha value is -2.33. The zero-order valence-electron chi connectivity index (χ0n) is 12.1. The molecule has 4 heteroatoms. The molecule has 0 unspecified atom stereocenters. The van der Waals surface area contributed by atoms with Crippen LogP contribution in [0.4, 0.5) is 5.69 Å². The predicted octanol–water partition coefficient (Wildman–Crippen LogP) is 2.97. The van der Waals surface area contributed by atoms with Crippen molar-refractivity contribution in [1.82, 2.24) is 0 Å². The molecule has 0 saturated heterocycles. The minimum atomic E-state index is -0.136. The van der Waals surface area contributed by atoms with Gasteiger partial charge in [-0.15, -0.1) is 0 Å². The molecule has 21 heavy (non-hydrogen) atoms. The van der Waals surface area contributed by atoms with Crippen LogP contribution in [-0.4, -0.2) is 19.1 Å². The summed E-state index contributed by atoms with van der Waals surface area (Å²) >= 11 is 0. The highest BCUT2D eigenvalue weighted by Crippen LogP contribution is 2.24. The number of ether oxygens (including phenoxy) is 1. The van der Waals surface area contributed by atoms with E-state index in [2.05, 4.69) is 5.32 Å². The van der Waals surface area contributed by atoms with E-state index in [1.54, 1.807) is 0 Å². The number of carbonyl (C=O) groups is 1. The maximum Gasteiger partial charge on any atom is 0.256 e. The normalized spacial score (nSPS) is 10.2. The highest BCUT2D eigenvalue weighted by atomic mass is 16.5. The second kappa shape index (κ2) is 7.45. The van der Waals surface area contributed by atoms with E-state index in [4.69, 9.17) is 10.5 Å². The third-order valence-electron chi connectivity index (χ3n) is 3.13. The summed E-state index contributed by atoms with van der Waals surface area (Å²) in [6.07, 6.45) is 0.778. The average molecular weight is 284 g/mol. The summed E-state index contributed by atoms with van der Waals surface area (Å²) < 4.78 is 5.65. The highest BCUT2D eigenvalue weighted by molar-refractivity contribution is 6.05. The first-order valence-electron chi connectivity index (χ1n) is 7.01. The fraction of sp³-hybridized carbons (Fsp3) is 0.235. The number of carbonyl (C=O) groups excluding carboxylic acids is 1. The van der Waals surface area contributed by atoms with Gasteiger partial charge in [0.25, 0.3) is 5.91 Å². The largest absolute Gasteiger partial charge is 0.491 e. The van der Waals surface area contributed by atoms with Gasteiger partial charge in [0.2, 0.25) is 0 Å². The smallest absolute Gasteiger partial charge is 0.256 e. The third kappa shape index (κ3) is 4.07. The van der Waals surface area contributed by atoms with Gasteiger partial charge >= 0.3 is 0 Å². The molecule has 2 aromatic rings. The summed E-state index contributed by atoms with van der Waals surface area (Å²) in [6.45, 7) is 3.03. The zero-order valence-corrected chi connectivity index (χ0v) is 12.1. The predicted molar refractivity (Wildman–Crippen MR) is 84.7 cm³/mol. The van der Waals surface area contributed by atoms with E-state index in [-0.39, 0.29) is 5.91 Å². The molecule has 110 valence electrons. The van der Waals surface area contributed by atoms with Crippen molar-refractivity contribution in [3.63, 3.8) is 0 Å². The topological polar surface area (TPSA) is 64.3 Å². The molecule has 0 heterocycles. The fourth-order valence-corrected chi connectivity index (χ4v) is 1.98. The second-order valence-corrected chi connectivity index (χ2v) is 4.76. The molecule has 2 aromatic carbocycles. The Labute approximate surface area is 124 Å². The minimum absolute atomic E-state index is 0.136. The van der Waals surface area contributed by atoms with Crippen molar-refractivity contribution in [2.75, 3.05) is 18.5 Å². The molecular formula is C17H20N2O2. The molecule has 0 aliphatic carbocycles. The first-order valence-corrected chi connectivity index (χ1v) is 7.01. The lowest BCUT2D eigenvalue weighted by molar-refractivity contribution is 0.102. The Morgan fingerprint density at radius 2 is 1.86 bits per heavy atom. The Kier molecular flexibility index (Phi) is 5.35. The van der Waals surface area contributed by atoms with Crippen LogP contribution < -0.4 is 15.8 Å². The molecule has 3 N–H and O–H groups in total. The van der Waals surface area contributed by atoms with Crippen LogP contribution in [0.15, 0.2) is 48.5 Å². The standard InChI is InChI=1S/C17H20N2O2/c1-13-7-2-3-8-14(13)17(20)19-15-9-4-5-10-16(15)21-12-6-11-18/h2-5,7-10H,6,11-12,18H2,1H3,(H,19,20). The van der Waals surface area contributed by atoms with Gasteiger partial charge in [-0.05, 0) is 43.7 Å². The van der Waals surface area contributed by atoms with E-state index >= 15 is 0 Å². The van der Waals surface area contributed by atoms with Gasteiger partial charge in [0.15, 0.2) is 0 Å². The molecule has 0 bridgehead atoms. The molecule has 0 atom stereocenters. The molecule has 4 nitrogen and oxygen atoms in total. The summed E-state index contributed by atoms with van der Waals surface area (Å²) in [5.74, 6) is 0.524. The fourth-order valence-electron chi connectivity index (χ4n) is 1.98. The van der Waals surface area contributed by atoms with Crippen molar-refractivity contribution in [3.8, 4) is 5.75 Å². The van der Waals surface area contributed by atoms with Crippen molar-refractivity contribution < 1.29 is 9.53 Å². The molecule has 0 spiro atoms. The molecule has 0 saturated carbocycles. The van der Waals surface area contributed by atoms with Gasteiger partial charge in [-0.25, -0.2) is 0 Å². The van der Waals surface area contributed by atoms with Gasteiger partial charge in [-0.3, -0.25) is 4.79 Å². The van der Waals surface area contributed by atoms with Crippen molar-refractivity contribution >= 4 is 11.6 Å². The van der Waals surface area contributed by atoms with E-state index in [9.17, 15) is 4.79 Å². The summed E-state index contributed by atoms with van der Waals surface area (Å²) in [5, 5.41) is 2.90. The molecular weight excluding hydrogens is 264 g/mol. The van der Waals surface area contributed by atoms with Crippen LogP contribution >= 0.6 is 0 Å². The van der Waals surface area contributed by atoms with Crippen LogP contribution in [-0.2, 0) is 0 Å². The lowest BCUT2D eigenvalue weighted by Gasteiger charge is -2.13. The Balaban J connectivity index is 2.12. The number of aryl methyl sites for hydroxylation is 1. The molecule has 0 fully saturated rings. The summed E-state index contributed by atoms with van der Waals surface area (Å²) in [5.41, 5.74) is 7.73. The van der Waals surface area contributed by atoms with E-state index in [1.165, 1.54) is 0 Å². The van der Waals surface area contributed by atoms with E-state index in [1.807, 2.05) is 55.5 Å². The Morgan fingerprint density at radius 3 is 2.62 bits per heavy atom. The maximum absolute atomic E-state index is 12.3. The monoisotopic (exact) mass is 284 g/mol. The van der Waals surface area contributed by atoms with Crippen molar-refractivity contribution in [2.24, 2.45) is 5.73 Å². The number of anilines is 1. The SMILES string of the molecule is Cc1ccccc1C(=O)Nc1ccccc1OCCCN. The van der Waals surface area contributed by atoms with Crippen molar-refractivity contribution in [1.29, 1.82) is 0 Å². The maximum atomic E-state index is 12.3. The number of hydrogen-bond acceptors (Lipinski definition) is 3. The second-order valence-electron chi connectivity index (χ2n) is 4.76. The van der Waals surface area contributed by atoms with Crippen LogP contribution in [0.5, 0.6) is 5.75 Å². The van der Waals surface area contributed by atoms with Crippen LogP contribution in [0.2, 0.25) is 0 Å². The van der Waals surface area contributed by atoms with Crippen LogP contribution in [0, 0.1) is 6.92 Å². The average Bonchev–Trinajstić information content (AvgIpc) is 2.49. The molecule has 1 amide bonds. The lowest BCUT2D eigenvalue weighted by atomic mass is 10.1. The molecule has 2 rings (SSSR count).